The number of aromatic nitrogens is 1. The molecule has 0 unspecified atom stereocenters. The molecule has 0 spiro atoms. The Hall–Kier alpha value is -1.10. The molecule has 1 fully saturated rings. The van der Waals surface area contributed by atoms with Crippen LogP contribution in [0.3, 0.4) is 0 Å². The molecule has 0 radical (unpaired) electrons. The molecule has 22 heavy (non-hydrogen) atoms. The van der Waals surface area contributed by atoms with Crippen LogP contribution in [0.5, 0.6) is 0 Å². The van der Waals surface area contributed by atoms with E-state index in [2.05, 4.69) is 46.2 Å². The van der Waals surface area contributed by atoms with Crippen LogP contribution in [-0.2, 0) is 0 Å². The minimum atomic E-state index is 0.458. The van der Waals surface area contributed by atoms with E-state index in [1.807, 2.05) is 12.4 Å². The van der Waals surface area contributed by atoms with Gasteiger partial charge in [-0.2, -0.15) is 0 Å². The predicted octanol–water partition coefficient (Wildman–Crippen LogP) is 4.14. The van der Waals surface area contributed by atoms with Crippen LogP contribution in [0, 0.1) is 0 Å². The molecule has 0 bridgehead atoms. The molecule has 4 heteroatoms. The average Bonchev–Trinajstić information content (AvgIpc) is 2.59. The third kappa shape index (κ3) is 4.45. The van der Waals surface area contributed by atoms with Crippen molar-refractivity contribution in [1.29, 1.82) is 0 Å². The van der Waals surface area contributed by atoms with E-state index in [1.54, 1.807) is 11.9 Å². The van der Waals surface area contributed by atoms with Crippen molar-refractivity contribution in [3.8, 4) is 0 Å². The maximum atomic E-state index is 4.15. The van der Waals surface area contributed by atoms with Gasteiger partial charge in [0.1, 0.15) is 0 Å². The number of rotatable bonds is 6. The fourth-order valence-corrected chi connectivity index (χ4v) is 3.73. The van der Waals surface area contributed by atoms with Gasteiger partial charge >= 0.3 is 0 Å². The van der Waals surface area contributed by atoms with Gasteiger partial charge in [-0.3, -0.25) is 9.71 Å². The summed E-state index contributed by atoms with van der Waals surface area (Å²) in [5, 5.41) is 6.14. The van der Waals surface area contributed by atoms with Crippen LogP contribution in [0.4, 0.5) is 0 Å². The minimum absolute atomic E-state index is 0.458. The molecule has 3 nitrogen and oxygen atoms in total. The first-order valence-corrected chi connectivity index (χ1v) is 9.12. The molecular weight excluding hydrogens is 290 g/mol. The maximum absolute atomic E-state index is 4.15. The van der Waals surface area contributed by atoms with Crippen LogP contribution < -0.4 is 10.0 Å². The number of nitrogens with one attached hydrogen (secondary N) is 2. The van der Waals surface area contributed by atoms with Crippen LogP contribution in [-0.4, -0.2) is 23.6 Å². The van der Waals surface area contributed by atoms with E-state index in [-0.39, 0.29) is 0 Å². The van der Waals surface area contributed by atoms with Gasteiger partial charge in [0.05, 0.1) is 0 Å². The van der Waals surface area contributed by atoms with Crippen molar-refractivity contribution in [2.24, 2.45) is 0 Å². The number of benzene rings is 1. The normalized spacial score (nSPS) is 17.7. The molecule has 1 aliphatic carbocycles. The van der Waals surface area contributed by atoms with Gasteiger partial charge in [0.15, 0.2) is 0 Å². The number of fused-ring (bicyclic) bond motifs is 1. The number of pyridine rings is 1. The average molecular weight is 315 g/mol. The molecule has 2 N–H and O–H groups in total. The summed E-state index contributed by atoms with van der Waals surface area (Å²) in [5.74, 6) is 0. The fourth-order valence-electron chi connectivity index (χ4n) is 2.99. The molecule has 1 heterocycles. The molecule has 0 saturated heterocycles. The number of hydrogen-bond acceptors (Lipinski definition) is 4. The van der Waals surface area contributed by atoms with Gasteiger partial charge in [-0.1, -0.05) is 25.3 Å². The lowest BCUT2D eigenvalue weighted by atomic mass is 9.95. The highest BCUT2D eigenvalue weighted by molar-refractivity contribution is 7.97. The standard InChI is InChI=1S/C18H25N3S/c1-14(12-20-17-5-3-2-4-6-17)21-22-18-8-7-16-13-19-10-9-15(16)11-18/h7-11,13-14,17,20-21H,2-6,12H2,1H3/t14-/m1/s1. The van der Waals surface area contributed by atoms with E-state index in [0.717, 1.165) is 12.6 Å². The smallest absolute Gasteiger partial charge is 0.0346 e. The second kappa shape index (κ2) is 7.95. The van der Waals surface area contributed by atoms with Gasteiger partial charge < -0.3 is 5.32 Å². The third-order valence-electron chi connectivity index (χ3n) is 4.31. The Kier molecular flexibility index (Phi) is 5.70. The molecule has 1 saturated carbocycles. The Balaban J connectivity index is 1.46. The summed E-state index contributed by atoms with van der Waals surface area (Å²) in [7, 11) is 0. The van der Waals surface area contributed by atoms with Crippen molar-refractivity contribution in [3.63, 3.8) is 0 Å². The third-order valence-corrected chi connectivity index (χ3v) is 5.32. The Labute approximate surface area is 137 Å². The second-order valence-electron chi connectivity index (χ2n) is 6.25. The van der Waals surface area contributed by atoms with E-state index < -0.39 is 0 Å². The summed E-state index contributed by atoms with van der Waals surface area (Å²) in [6.07, 6.45) is 10.6. The van der Waals surface area contributed by atoms with Crippen molar-refractivity contribution in [2.45, 2.75) is 56.0 Å². The molecule has 1 aromatic carbocycles. The molecule has 118 valence electrons. The van der Waals surface area contributed by atoms with Gasteiger partial charge in [0, 0.05) is 41.3 Å². The van der Waals surface area contributed by atoms with Gasteiger partial charge in [-0.05, 0) is 55.3 Å². The van der Waals surface area contributed by atoms with E-state index in [1.165, 1.54) is 47.8 Å². The van der Waals surface area contributed by atoms with Crippen molar-refractivity contribution in [3.05, 3.63) is 36.7 Å². The molecular formula is C18H25N3S. The molecule has 1 atom stereocenters. The number of hydrogen-bond donors (Lipinski definition) is 2. The van der Waals surface area contributed by atoms with Crippen molar-refractivity contribution >= 4 is 22.7 Å². The topological polar surface area (TPSA) is 37.0 Å². The molecule has 0 amide bonds. The van der Waals surface area contributed by atoms with Gasteiger partial charge in [0.25, 0.3) is 0 Å². The van der Waals surface area contributed by atoms with Crippen molar-refractivity contribution in [2.75, 3.05) is 6.54 Å². The SMILES string of the molecule is C[C@H](CNC1CCCCC1)NSc1ccc2cnccc2c1. The van der Waals surface area contributed by atoms with Crippen LogP contribution in [0.15, 0.2) is 41.6 Å². The number of nitrogens with zero attached hydrogens (tertiary/aromatic N) is 1. The van der Waals surface area contributed by atoms with E-state index in [0.29, 0.717) is 6.04 Å². The first-order valence-electron chi connectivity index (χ1n) is 8.31. The Morgan fingerprint density at radius 2 is 2.05 bits per heavy atom. The highest BCUT2D eigenvalue weighted by atomic mass is 32.2. The monoisotopic (exact) mass is 315 g/mol. The lowest BCUT2D eigenvalue weighted by Gasteiger charge is -2.24. The first-order chi connectivity index (χ1) is 10.8. The maximum Gasteiger partial charge on any atom is 0.0346 e. The minimum Gasteiger partial charge on any atom is -0.312 e. The lowest BCUT2D eigenvalue weighted by Crippen LogP contribution is -2.39. The van der Waals surface area contributed by atoms with E-state index in [9.17, 15) is 0 Å². The largest absolute Gasteiger partial charge is 0.312 e. The zero-order valence-corrected chi connectivity index (χ0v) is 14.0. The summed E-state index contributed by atoms with van der Waals surface area (Å²) in [6, 6.07) is 9.76. The summed E-state index contributed by atoms with van der Waals surface area (Å²) < 4.78 is 3.54. The van der Waals surface area contributed by atoms with Crippen molar-refractivity contribution in [1.82, 2.24) is 15.0 Å². The van der Waals surface area contributed by atoms with Crippen LogP contribution in [0.1, 0.15) is 39.0 Å². The summed E-state index contributed by atoms with van der Waals surface area (Å²) >= 11 is 1.72. The molecule has 1 aromatic heterocycles. The second-order valence-corrected chi connectivity index (χ2v) is 7.16. The van der Waals surface area contributed by atoms with Crippen LogP contribution in [0.2, 0.25) is 0 Å². The zero-order chi connectivity index (χ0) is 15.2. The van der Waals surface area contributed by atoms with Gasteiger partial charge in [0.2, 0.25) is 0 Å². The Morgan fingerprint density at radius 1 is 1.18 bits per heavy atom. The zero-order valence-electron chi connectivity index (χ0n) is 13.2. The lowest BCUT2D eigenvalue weighted by molar-refractivity contribution is 0.365. The summed E-state index contributed by atoms with van der Waals surface area (Å²) in [5.41, 5.74) is 0. The summed E-state index contributed by atoms with van der Waals surface area (Å²) in [6.45, 7) is 3.28. The molecule has 2 aromatic rings. The van der Waals surface area contributed by atoms with Gasteiger partial charge in [-0.25, -0.2) is 0 Å². The van der Waals surface area contributed by atoms with Crippen molar-refractivity contribution < 1.29 is 0 Å². The predicted molar refractivity (Wildman–Crippen MR) is 95.1 cm³/mol. The highest BCUT2D eigenvalue weighted by Crippen LogP contribution is 2.21. The summed E-state index contributed by atoms with van der Waals surface area (Å²) in [4.78, 5) is 5.41. The molecule has 3 rings (SSSR count). The first kappa shape index (κ1) is 15.8. The van der Waals surface area contributed by atoms with E-state index in [4.69, 9.17) is 0 Å². The Morgan fingerprint density at radius 3 is 2.91 bits per heavy atom. The van der Waals surface area contributed by atoms with Gasteiger partial charge in [-0.15, -0.1) is 0 Å². The molecule has 0 aliphatic heterocycles. The molecule has 1 aliphatic rings. The van der Waals surface area contributed by atoms with E-state index >= 15 is 0 Å². The highest BCUT2D eigenvalue weighted by Gasteiger charge is 2.13. The Bertz CT molecular complexity index is 596. The van der Waals surface area contributed by atoms with Crippen LogP contribution >= 0.6 is 11.9 Å². The fraction of sp³-hybridized carbons (Fsp3) is 0.500. The quantitative estimate of drug-likeness (QED) is 0.786. The van der Waals surface area contributed by atoms with Crippen LogP contribution in [0.25, 0.3) is 10.8 Å².